The second kappa shape index (κ2) is 9.23. The summed E-state index contributed by atoms with van der Waals surface area (Å²) in [6, 6.07) is 17.0. The van der Waals surface area contributed by atoms with Gasteiger partial charge in [0.25, 0.3) is 0 Å². The lowest BCUT2D eigenvalue weighted by atomic mass is 9.92. The number of aromatic nitrogens is 1. The highest BCUT2D eigenvalue weighted by Gasteiger charge is 2.28. The number of hydrogen-bond acceptors (Lipinski definition) is 4. The largest absolute Gasteiger partial charge is 0.494 e. The zero-order valence-corrected chi connectivity index (χ0v) is 17.7. The second-order valence-corrected chi connectivity index (χ2v) is 7.47. The Hall–Kier alpha value is -2.97. The van der Waals surface area contributed by atoms with Crippen LogP contribution in [0.25, 0.3) is 22.2 Å². The number of fused-ring (bicyclic) bond motifs is 1. The van der Waals surface area contributed by atoms with Crippen molar-refractivity contribution in [3.8, 4) is 28.8 Å². The summed E-state index contributed by atoms with van der Waals surface area (Å²) in [6.45, 7) is 6.38. The van der Waals surface area contributed by atoms with Crippen molar-refractivity contribution in [2.24, 2.45) is 0 Å². The first kappa shape index (κ1) is 20.3. The van der Waals surface area contributed by atoms with Gasteiger partial charge in [-0.15, -0.1) is 0 Å². The van der Waals surface area contributed by atoms with Gasteiger partial charge in [0, 0.05) is 24.1 Å². The van der Waals surface area contributed by atoms with E-state index in [4.69, 9.17) is 14.2 Å². The van der Waals surface area contributed by atoms with Gasteiger partial charge in [-0.25, -0.2) is 0 Å². The lowest BCUT2D eigenvalue weighted by Crippen LogP contribution is -2.17. The van der Waals surface area contributed by atoms with Crippen molar-refractivity contribution in [1.29, 1.82) is 5.26 Å². The van der Waals surface area contributed by atoms with Crippen LogP contribution in [0.15, 0.2) is 42.5 Å². The van der Waals surface area contributed by atoms with E-state index in [0.29, 0.717) is 32.5 Å². The molecule has 0 aliphatic heterocycles. The van der Waals surface area contributed by atoms with E-state index in [1.165, 1.54) is 6.42 Å². The van der Waals surface area contributed by atoms with Crippen molar-refractivity contribution in [2.75, 3.05) is 26.4 Å². The van der Waals surface area contributed by atoms with Crippen molar-refractivity contribution < 1.29 is 14.2 Å². The number of hydrogen-bond donors (Lipinski definition) is 0. The first-order valence-electron chi connectivity index (χ1n) is 10.8. The summed E-state index contributed by atoms with van der Waals surface area (Å²) in [4.78, 5) is 0. The Bertz CT molecular complexity index is 1040. The van der Waals surface area contributed by atoms with Crippen molar-refractivity contribution in [3.63, 3.8) is 0 Å². The van der Waals surface area contributed by atoms with E-state index in [2.05, 4.69) is 16.7 Å². The van der Waals surface area contributed by atoms with E-state index < -0.39 is 0 Å². The Morgan fingerprint density at radius 1 is 0.967 bits per heavy atom. The molecule has 1 aliphatic rings. The van der Waals surface area contributed by atoms with Crippen LogP contribution in [0.4, 0.5) is 0 Å². The molecule has 0 saturated heterocycles. The smallest absolute Gasteiger partial charge is 0.121 e. The molecule has 1 aliphatic carbocycles. The Kier molecular flexibility index (Phi) is 6.25. The predicted molar refractivity (Wildman–Crippen MR) is 118 cm³/mol. The first-order valence-corrected chi connectivity index (χ1v) is 10.8. The van der Waals surface area contributed by atoms with Crippen molar-refractivity contribution in [2.45, 2.75) is 39.2 Å². The normalized spacial score (nSPS) is 13.8. The van der Waals surface area contributed by atoms with Crippen molar-refractivity contribution in [3.05, 3.63) is 48.0 Å². The van der Waals surface area contributed by atoms with E-state index >= 15 is 0 Å². The van der Waals surface area contributed by atoms with Gasteiger partial charge in [-0.2, -0.15) is 5.26 Å². The molecule has 4 rings (SSSR count). The highest BCUT2D eigenvalue weighted by atomic mass is 16.5. The molecule has 0 amide bonds. The van der Waals surface area contributed by atoms with Crippen LogP contribution < -0.4 is 9.47 Å². The van der Waals surface area contributed by atoms with E-state index in [1.54, 1.807) is 0 Å². The topological polar surface area (TPSA) is 56.4 Å². The van der Waals surface area contributed by atoms with Gasteiger partial charge in [0.2, 0.25) is 0 Å². The highest BCUT2D eigenvalue weighted by Crippen LogP contribution is 2.43. The molecular weight excluding hydrogens is 376 g/mol. The second-order valence-electron chi connectivity index (χ2n) is 7.47. The van der Waals surface area contributed by atoms with E-state index in [-0.39, 0.29) is 0 Å². The summed E-state index contributed by atoms with van der Waals surface area (Å²) in [5.74, 6) is 1.65. The number of rotatable bonds is 9. The molecule has 1 saturated carbocycles. The molecule has 3 aromatic rings. The van der Waals surface area contributed by atoms with Gasteiger partial charge < -0.3 is 18.8 Å². The number of benzene rings is 2. The molecule has 5 nitrogen and oxygen atoms in total. The van der Waals surface area contributed by atoms with E-state index in [0.717, 1.165) is 52.1 Å². The summed E-state index contributed by atoms with van der Waals surface area (Å²) in [5, 5.41) is 11.0. The van der Waals surface area contributed by atoms with Crippen LogP contribution in [0.1, 0.15) is 44.7 Å². The third-order valence-electron chi connectivity index (χ3n) is 5.67. The lowest BCUT2D eigenvalue weighted by molar-refractivity contribution is 0.110. The van der Waals surface area contributed by atoms with Crippen molar-refractivity contribution in [1.82, 2.24) is 4.57 Å². The summed E-state index contributed by atoms with van der Waals surface area (Å²) < 4.78 is 19.2. The van der Waals surface area contributed by atoms with Gasteiger partial charge in [0.15, 0.2) is 0 Å². The zero-order valence-electron chi connectivity index (χ0n) is 17.7. The minimum atomic E-state index is 0.420. The Balaban J connectivity index is 1.75. The predicted octanol–water partition coefficient (Wildman–Crippen LogP) is 5.72. The van der Waals surface area contributed by atoms with Gasteiger partial charge in [0.05, 0.1) is 30.0 Å². The molecule has 0 unspecified atom stereocenters. The maximum absolute atomic E-state index is 10.0. The molecule has 0 atom stereocenters. The van der Waals surface area contributed by atoms with Crippen LogP contribution in [-0.2, 0) is 4.74 Å². The molecule has 0 radical (unpaired) electrons. The molecule has 1 fully saturated rings. The Labute approximate surface area is 177 Å². The van der Waals surface area contributed by atoms with Gasteiger partial charge in [-0.1, -0.05) is 0 Å². The van der Waals surface area contributed by atoms with Crippen LogP contribution in [0, 0.1) is 11.3 Å². The lowest BCUT2D eigenvalue weighted by Gasteiger charge is -2.30. The molecule has 0 bridgehead atoms. The molecule has 0 spiro atoms. The SMILES string of the molecule is CCOCCOc1ccc(-c2c(C#N)c3ccc(OCC)cc3n2C2CCC2)cc1. The molecule has 1 heterocycles. The Morgan fingerprint density at radius 3 is 2.37 bits per heavy atom. The molecule has 30 heavy (non-hydrogen) atoms. The number of nitrogens with zero attached hydrogens (tertiary/aromatic N) is 2. The zero-order chi connectivity index (χ0) is 20.9. The summed E-state index contributed by atoms with van der Waals surface area (Å²) in [5.41, 5.74) is 3.83. The quantitative estimate of drug-likeness (QED) is 0.428. The van der Waals surface area contributed by atoms with Crippen molar-refractivity contribution >= 4 is 10.9 Å². The molecule has 5 heteroatoms. The molecular formula is C25H28N2O3. The third-order valence-corrected chi connectivity index (χ3v) is 5.67. The summed E-state index contributed by atoms with van der Waals surface area (Å²) >= 11 is 0. The molecule has 1 aromatic heterocycles. The average Bonchev–Trinajstić information content (AvgIpc) is 3.04. The van der Waals surface area contributed by atoms with Gasteiger partial charge in [-0.05, 0) is 75.1 Å². The van der Waals surface area contributed by atoms with E-state index in [1.807, 2.05) is 50.2 Å². The summed E-state index contributed by atoms with van der Waals surface area (Å²) in [7, 11) is 0. The Morgan fingerprint density at radius 2 is 1.73 bits per heavy atom. The maximum atomic E-state index is 10.0. The fourth-order valence-electron chi connectivity index (χ4n) is 4.04. The van der Waals surface area contributed by atoms with Crippen LogP contribution >= 0.6 is 0 Å². The fourth-order valence-corrected chi connectivity index (χ4v) is 4.04. The molecule has 0 N–H and O–H groups in total. The number of ether oxygens (including phenoxy) is 3. The van der Waals surface area contributed by atoms with Crippen LogP contribution in [-0.4, -0.2) is 31.0 Å². The monoisotopic (exact) mass is 404 g/mol. The van der Waals surface area contributed by atoms with Crippen LogP contribution in [0.5, 0.6) is 11.5 Å². The number of nitriles is 1. The molecule has 2 aromatic carbocycles. The van der Waals surface area contributed by atoms with Gasteiger partial charge >= 0.3 is 0 Å². The standard InChI is InChI=1S/C25H28N2O3/c1-3-28-14-15-30-20-10-8-18(9-11-20)25-23(17-26)22-13-12-21(29-4-2)16-24(22)27(25)19-6-5-7-19/h8-13,16,19H,3-7,14-15H2,1-2H3. The summed E-state index contributed by atoms with van der Waals surface area (Å²) in [6.07, 6.45) is 3.50. The van der Waals surface area contributed by atoms with Crippen LogP contribution in [0.3, 0.4) is 0 Å². The fraction of sp³-hybridized carbons (Fsp3) is 0.400. The molecule has 156 valence electrons. The highest BCUT2D eigenvalue weighted by molar-refractivity contribution is 5.95. The van der Waals surface area contributed by atoms with Gasteiger partial charge in [0.1, 0.15) is 24.2 Å². The van der Waals surface area contributed by atoms with Crippen LogP contribution in [0.2, 0.25) is 0 Å². The minimum absolute atomic E-state index is 0.420. The van der Waals surface area contributed by atoms with E-state index in [9.17, 15) is 5.26 Å². The minimum Gasteiger partial charge on any atom is -0.494 e. The maximum Gasteiger partial charge on any atom is 0.121 e. The average molecular weight is 405 g/mol. The van der Waals surface area contributed by atoms with Gasteiger partial charge in [-0.3, -0.25) is 0 Å². The third kappa shape index (κ3) is 3.88. The first-order chi connectivity index (χ1) is 14.8.